The van der Waals surface area contributed by atoms with E-state index in [1.54, 1.807) is 45.3 Å². The van der Waals surface area contributed by atoms with E-state index in [2.05, 4.69) is 10.6 Å². The molecular weight excluding hydrogens is 471 g/mol. The van der Waals surface area contributed by atoms with E-state index in [9.17, 15) is 22.8 Å². The Morgan fingerprint density at radius 1 is 0.972 bits per heavy atom. The zero-order chi connectivity index (χ0) is 26.0. The zero-order valence-corrected chi connectivity index (χ0v) is 20.1. The number of hydrogen-bond acceptors (Lipinski definition) is 3. The van der Waals surface area contributed by atoms with E-state index in [0.717, 1.165) is 28.8 Å². The number of carbonyl (C=O) groups is 2. The lowest BCUT2D eigenvalue weighted by Crippen LogP contribution is -2.41. The number of urea groups is 1. The summed E-state index contributed by atoms with van der Waals surface area (Å²) in [4.78, 5) is 26.1. The third-order valence-electron chi connectivity index (χ3n) is 6.06. The van der Waals surface area contributed by atoms with Gasteiger partial charge in [-0.3, -0.25) is 5.32 Å². The third-order valence-corrected chi connectivity index (χ3v) is 6.06. The maximum atomic E-state index is 13.0. The van der Waals surface area contributed by atoms with Crippen molar-refractivity contribution in [3.05, 3.63) is 82.9 Å². The van der Waals surface area contributed by atoms with Crippen molar-refractivity contribution < 1.29 is 27.5 Å². The number of halogens is 3. The van der Waals surface area contributed by atoms with Crippen LogP contribution >= 0.6 is 0 Å². The molecular formula is C27H26F3N3O3. The molecule has 188 valence electrons. The first kappa shape index (κ1) is 25.1. The van der Waals surface area contributed by atoms with Crippen molar-refractivity contribution in [2.75, 3.05) is 19.4 Å². The molecule has 1 atom stereocenters. The summed E-state index contributed by atoms with van der Waals surface area (Å²) >= 11 is 0. The lowest BCUT2D eigenvalue weighted by molar-refractivity contribution is -0.137. The highest BCUT2D eigenvalue weighted by molar-refractivity contribution is 5.88. The first-order valence-corrected chi connectivity index (χ1v) is 11.4. The average molecular weight is 498 g/mol. The highest BCUT2D eigenvalue weighted by atomic mass is 19.4. The minimum Gasteiger partial charge on any atom is -0.409 e. The van der Waals surface area contributed by atoms with E-state index in [1.165, 1.54) is 17.0 Å². The van der Waals surface area contributed by atoms with Gasteiger partial charge in [-0.05, 0) is 72.4 Å². The molecule has 3 aromatic rings. The molecule has 0 aromatic heterocycles. The van der Waals surface area contributed by atoms with Crippen LogP contribution in [0.4, 0.5) is 28.4 Å². The maximum absolute atomic E-state index is 13.0. The molecule has 0 bridgehead atoms. The van der Waals surface area contributed by atoms with Crippen LogP contribution in [-0.2, 0) is 19.0 Å². The first-order valence-electron chi connectivity index (χ1n) is 11.4. The van der Waals surface area contributed by atoms with Crippen molar-refractivity contribution in [3.8, 4) is 16.9 Å². The van der Waals surface area contributed by atoms with Crippen LogP contribution in [0.5, 0.6) is 5.75 Å². The Hall–Kier alpha value is -4.01. The number of ether oxygens (including phenoxy) is 1. The molecule has 6 nitrogen and oxygen atoms in total. The Labute approximate surface area is 207 Å². The number of carbonyl (C=O) groups excluding carboxylic acids is 2. The van der Waals surface area contributed by atoms with E-state index in [4.69, 9.17) is 4.74 Å². The van der Waals surface area contributed by atoms with Crippen molar-refractivity contribution in [2.45, 2.75) is 32.0 Å². The number of aryl methyl sites for hydroxylation is 1. The Morgan fingerprint density at radius 3 is 2.33 bits per heavy atom. The number of fused-ring (bicyclic) bond motifs is 1. The second-order valence-corrected chi connectivity index (χ2v) is 8.97. The first-order chi connectivity index (χ1) is 17.0. The van der Waals surface area contributed by atoms with Gasteiger partial charge in [-0.2, -0.15) is 13.2 Å². The molecule has 0 aliphatic heterocycles. The smallest absolute Gasteiger partial charge is 0.409 e. The Balaban J connectivity index is 1.47. The summed E-state index contributed by atoms with van der Waals surface area (Å²) in [7, 11) is 3.37. The van der Waals surface area contributed by atoms with Gasteiger partial charge in [0.05, 0.1) is 5.56 Å². The normalized spacial score (nSPS) is 14.7. The number of amides is 3. The second kappa shape index (κ2) is 9.93. The molecule has 0 saturated heterocycles. The molecule has 3 aromatic carbocycles. The summed E-state index contributed by atoms with van der Waals surface area (Å²) in [6, 6.07) is 15.2. The average Bonchev–Trinajstić information content (AvgIpc) is 3.20. The van der Waals surface area contributed by atoms with Crippen molar-refractivity contribution in [1.82, 2.24) is 10.2 Å². The van der Waals surface area contributed by atoms with E-state index < -0.39 is 17.8 Å². The topological polar surface area (TPSA) is 70.7 Å². The lowest BCUT2D eigenvalue weighted by atomic mass is 9.98. The molecule has 3 amide bonds. The van der Waals surface area contributed by atoms with Crippen molar-refractivity contribution in [3.63, 3.8) is 0 Å². The van der Waals surface area contributed by atoms with Crippen LogP contribution < -0.4 is 15.4 Å². The highest BCUT2D eigenvalue weighted by Gasteiger charge is 2.30. The van der Waals surface area contributed by atoms with E-state index in [-0.39, 0.29) is 17.8 Å². The minimum atomic E-state index is -4.43. The van der Waals surface area contributed by atoms with Gasteiger partial charge in [-0.15, -0.1) is 0 Å². The van der Waals surface area contributed by atoms with Crippen LogP contribution in [0.1, 0.15) is 22.3 Å². The summed E-state index contributed by atoms with van der Waals surface area (Å²) in [5.41, 5.74) is 3.71. The van der Waals surface area contributed by atoms with Gasteiger partial charge in [0.15, 0.2) is 0 Å². The SMILES string of the molecule is Cc1cccc(OC(=O)Nc2ccc3c(c2)CC(NC(=O)N(C)C)C3)c1-c1ccc(C(F)(F)F)cc1. The standard InChI is InChI=1S/C27H26F3N3O3/c1-16-5-4-6-23(24(16)17-7-10-20(11-8-17)27(28,29)30)36-26(35)32-21-12-9-18-13-22(15-19(18)14-21)31-25(34)33(2)3/h4-12,14,22H,13,15H2,1-3H3,(H,31,34)(H,32,35). The van der Waals surface area contributed by atoms with Gasteiger partial charge in [0.1, 0.15) is 5.75 Å². The van der Waals surface area contributed by atoms with Gasteiger partial charge in [-0.1, -0.05) is 30.3 Å². The molecule has 4 rings (SSSR count). The van der Waals surface area contributed by atoms with Gasteiger partial charge in [0.2, 0.25) is 0 Å². The summed E-state index contributed by atoms with van der Waals surface area (Å²) in [6.45, 7) is 1.80. The Kier molecular flexibility index (Phi) is 6.92. The molecule has 0 spiro atoms. The number of benzene rings is 3. The van der Waals surface area contributed by atoms with Crippen molar-refractivity contribution in [2.24, 2.45) is 0 Å². The van der Waals surface area contributed by atoms with Crippen LogP contribution in [0.25, 0.3) is 11.1 Å². The van der Waals surface area contributed by atoms with Crippen LogP contribution in [0.15, 0.2) is 60.7 Å². The molecule has 1 unspecified atom stereocenters. The molecule has 1 aliphatic rings. The Morgan fingerprint density at radius 2 is 1.67 bits per heavy atom. The summed E-state index contributed by atoms with van der Waals surface area (Å²) in [5.74, 6) is 0.236. The molecule has 0 radical (unpaired) electrons. The van der Waals surface area contributed by atoms with Crippen molar-refractivity contribution in [1.29, 1.82) is 0 Å². The predicted octanol–water partition coefficient (Wildman–Crippen LogP) is 6.03. The van der Waals surface area contributed by atoms with Crippen LogP contribution in [0, 0.1) is 6.92 Å². The van der Waals surface area contributed by atoms with Gasteiger partial charge in [-0.25, -0.2) is 9.59 Å². The summed E-state index contributed by atoms with van der Waals surface area (Å²) < 4.78 is 44.4. The van der Waals surface area contributed by atoms with E-state index >= 15 is 0 Å². The molecule has 0 heterocycles. The van der Waals surface area contributed by atoms with E-state index in [1.807, 2.05) is 12.1 Å². The fraction of sp³-hybridized carbons (Fsp3) is 0.259. The quantitative estimate of drug-likeness (QED) is 0.462. The molecule has 36 heavy (non-hydrogen) atoms. The maximum Gasteiger partial charge on any atom is 0.417 e. The Bertz CT molecular complexity index is 1290. The fourth-order valence-electron chi connectivity index (χ4n) is 4.27. The molecule has 9 heteroatoms. The van der Waals surface area contributed by atoms with Gasteiger partial charge in [0.25, 0.3) is 0 Å². The van der Waals surface area contributed by atoms with Gasteiger partial charge in [0, 0.05) is 31.4 Å². The van der Waals surface area contributed by atoms with Gasteiger partial charge < -0.3 is 15.0 Å². The summed E-state index contributed by atoms with van der Waals surface area (Å²) in [6.07, 6.45) is -3.80. The fourth-order valence-corrected chi connectivity index (χ4v) is 4.27. The second-order valence-electron chi connectivity index (χ2n) is 8.97. The largest absolute Gasteiger partial charge is 0.417 e. The van der Waals surface area contributed by atoms with Gasteiger partial charge >= 0.3 is 18.3 Å². The number of nitrogens with one attached hydrogen (secondary N) is 2. The molecule has 2 N–H and O–H groups in total. The van der Waals surface area contributed by atoms with Crippen LogP contribution in [0.2, 0.25) is 0 Å². The number of anilines is 1. The van der Waals surface area contributed by atoms with Crippen molar-refractivity contribution >= 4 is 17.8 Å². The zero-order valence-electron chi connectivity index (χ0n) is 20.1. The lowest BCUT2D eigenvalue weighted by Gasteiger charge is -2.16. The molecule has 1 aliphatic carbocycles. The highest BCUT2D eigenvalue weighted by Crippen LogP contribution is 2.36. The number of nitrogens with zero attached hydrogens (tertiary/aromatic N) is 1. The molecule has 0 saturated carbocycles. The number of rotatable bonds is 4. The number of alkyl halides is 3. The predicted molar refractivity (Wildman–Crippen MR) is 131 cm³/mol. The van der Waals surface area contributed by atoms with Crippen LogP contribution in [-0.4, -0.2) is 37.2 Å². The molecule has 0 fully saturated rings. The van der Waals surface area contributed by atoms with E-state index in [0.29, 0.717) is 29.7 Å². The summed E-state index contributed by atoms with van der Waals surface area (Å²) in [5, 5.41) is 5.69. The van der Waals surface area contributed by atoms with Crippen LogP contribution in [0.3, 0.4) is 0 Å². The number of hydrogen-bond donors (Lipinski definition) is 2. The monoisotopic (exact) mass is 497 g/mol. The third kappa shape index (κ3) is 5.62. The minimum absolute atomic E-state index is 0.0179.